The highest BCUT2D eigenvalue weighted by molar-refractivity contribution is 5.49. The maximum atomic E-state index is 13.1. The molecule has 0 saturated carbocycles. The normalized spacial score (nSPS) is 13.7. The molecule has 2 aromatic rings. The Morgan fingerprint density at radius 2 is 1.41 bits per heavy atom. The molecule has 2 aromatic carbocycles. The van der Waals surface area contributed by atoms with Crippen LogP contribution < -0.4 is 5.32 Å². The SMILES string of the molecule is FC(F)(F)c1cccc(NC(c2ccccc2)C(F)(F)F)c1. The van der Waals surface area contributed by atoms with Gasteiger partial charge in [-0.05, 0) is 23.8 Å². The average molecular weight is 319 g/mol. The number of rotatable bonds is 3. The zero-order chi connectivity index (χ0) is 16.4. The van der Waals surface area contributed by atoms with Crippen molar-refractivity contribution in [1.29, 1.82) is 0 Å². The van der Waals surface area contributed by atoms with E-state index < -0.39 is 24.0 Å². The summed E-state index contributed by atoms with van der Waals surface area (Å²) in [5.41, 5.74) is -1.33. The lowest BCUT2D eigenvalue weighted by Crippen LogP contribution is -2.28. The second kappa shape index (κ2) is 5.90. The summed E-state index contributed by atoms with van der Waals surface area (Å²) < 4.78 is 77.3. The van der Waals surface area contributed by atoms with E-state index in [2.05, 4.69) is 5.32 Å². The van der Waals surface area contributed by atoms with E-state index in [-0.39, 0.29) is 11.3 Å². The molecule has 22 heavy (non-hydrogen) atoms. The second-order valence-electron chi connectivity index (χ2n) is 4.61. The Hall–Kier alpha value is -2.18. The van der Waals surface area contributed by atoms with Gasteiger partial charge in [0.05, 0.1) is 5.56 Å². The minimum absolute atomic E-state index is 0.0765. The lowest BCUT2D eigenvalue weighted by Gasteiger charge is -2.23. The second-order valence-corrected chi connectivity index (χ2v) is 4.61. The fourth-order valence-corrected chi connectivity index (χ4v) is 1.95. The molecule has 0 spiro atoms. The zero-order valence-corrected chi connectivity index (χ0v) is 11.0. The predicted molar refractivity (Wildman–Crippen MR) is 70.3 cm³/mol. The van der Waals surface area contributed by atoms with Crippen LogP contribution in [-0.4, -0.2) is 6.18 Å². The standard InChI is InChI=1S/C15H11F6N/c16-14(17,18)11-7-4-8-12(9-11)22-13(15(19,20)21)10-5-2-1-3-6-10/h1-9,13,22H. The molecule has 0 fully saturated rings. The van der Waals surface area contributed by atoms with Crippen LogP contribution in [0.4, 0.5) is 32.0 Å². The molecule has 0 bridgehead atoms. The van der Waals surface area contributed by atoms with Crippen LogP contribution >= 0.6 is 0 Å². The van der Waals surface area contributed by atoms with Gasteiger partial charge in [0, 0.05) is 5.69 Å². The van der Waals surface area contributed by atoms with Gasteiger partial charge < -0.3 is 5.32 Å². The summed E-state index contributed by atoms with van der Waals surface area (Å²) in [6.07, 6.45) is -9.26. The lowest BCUT2D eigenvalue weighted by molar-refractivity contribution is -0.144. The van der Waals surface area contributed by atoms with Crippen molar-refractivity contribution in [3.8, 4) is 0 Å². The molecule has 0 aromatic heterocycles. The van der Waals surface area contributed by atoms with Crippen LogP contribution in [0, 0.1) is 0 Å². The fourth-order valence-electron chi connectivity index (χ4n) is 1.95. The molecule has 0 radical (unpaired) electrons. The van der Waals surface area contributed by atoms with E-state index >= 15 is 0 Å². The first-order valence-corrected chi connectivity index (χ1v) is 6.23. The molecule has 0 aliphatic carbocycles. The molecule has 1 nitrogen and oxygen atoms in total. The highest BCUT2D eigenvalue weighted by atomic mass is 19.4. The van der Waals surface area contributed by atoms with Crippen LogP contribution in [0.25, 0.3) is 0 Å². The van der Waals surface area contributed by atoms with Gasteiger partial charge in [-0.2, -0.15) is 26.3 Å². The fraction of sp³-hybridized carbons (Fsp3) is 0.200. The van der Waals surface area contributed by atoms with E-state index in [1.807, 2.05) is 0 Å². The third kappa shape index (κ3) is 3.93. The highest BCUT2D eigenvalue weighted by Crippen LogP contribution is 2.37. The van der Waals surface area contributed by atoms with Crippen molar-refractivity contribution >= 4 is 5.69 Å². The number of nitrogens with one attached hydrogen (secondary N) is 1. The minimum Gasteiger partial charge on any atom is -0.370 e. The van der Waals surface area contributed by atoms with Crippen molar-refractivity contribution < 1.29 is 26.3 Å². The lowest BCUT2D eigenvalue weighted by atomic mass is 10.1. The van der Waals surface area contributed by atoms with E-state index in [1.54, 1.807) is 6.07 Å². The topological polar surface area (TPSA) is 12.0 Å². The first kappa shape index (κ1) is 16.2. The van der Waals surface area contributed by atoms with Crippen LogP contribution in [-0.2, 0) is 6.18 Å². The van der Waals surface area contributed by atoms with Gasteiger partial charge in [0.2, 0.25) is 0 Å². The summed E-state index contributed by atoms with van der Waals surface area (Å²) in [6, 6.07) is 8.54. The molecular formula is C15H11F6N. The Kier molecular flexibility index (Phi) is 4.35. The molecule has 1 unspecified atom stereocenters. The first-order chi connectivity index (χ1) is 10.2. The highest BCUT2D eigenvalue weighted by Gasteiger charge is 2.41. The molecule has 0 saturated heterocycles. The molecule has 7 heteroatoms. The maximum Gasteiger partial charge on any atom is 0.416 e. The number of benzene rings is 2. The molecule has 1 atom stereocenters. The maximum absolute atomic E-state index is 13.1. The summed E-state index contributed by atoms with van der Waals surface area (Å²) in [7, 11) is 0. The Labute approximate surface area is 122 Å². The van der Waals surface area contributed by atoms with Crippen LogP contribution in [0.3, 0.4) is 0 Å². The summed E-state index contributed by atoms with van der Waals surface area (Å²) in [5.74, 6) is 0. The number of hydrogen-bond donors (Lipinski definition) is 1. The van der Waals surface area contributed by atoms with Crippen LogP contribution in [0.2, 0.25) is 0 Å². The number of hydrogen-bond acceptors (Lipinski definition) is 1. The van der Waals surface area contributed by atoms with Crippen molar-refractivity contribution in [2.75, 3.05) is 5.32 Å². The van der Waals surface area contributed by atoms with Gasteiger partial charge in [-0.1, -0.05) is 36.4 Å². The van der Waals surface area contributed by atoms with Crippen molar-refractivity contribution in [2.45, 2.75) is 18.4 Å². The quantitative estimate of drug-likeness (QED) is 0.745. The Morgan fingerprint density at radius 3 is 1.95 bits per heavy atom. The van der Waals surface area contributed by atoms with E-state index in [0.29, 0.717) is 6.07 Å². The van der Waals surface area contributed by atoms with Crippen molar-refractivity contribution in [2.24, 2.45) is 0 Å². The molecular weight excluding hydrogens is 308 g/mol. The molecule has 118 valence electrons. The predicted octanol–water partition coefficient (Wildman–Crippen LogP) is 5.42. The van der Waals surface area contributed by atoms with E-state index in [1.165, 1.54) is 24.3 Å². The molecule has 0 aliphatic rings. The summed E-state index contributed by atoms with van der Waals surface area (Å²) in [6.45, 7) is 0. The van der Waals surface area contributed by atoms with Crippen molar-refractivity contribution in [3.63, 3.8) is 0 Å². The van der Waals surface area contributed by atoms with Gasteiger partial charge in [-0.15, -0.1) is 0 Å². The Bertz CT molecular complexity index is 618. The van der Waals surface area contributed by atoms with Gasteiger partial charge in [-0.3, -0.25) is 0 Å². The molecule has 0 aliphatic heterocycles. The number of halogens is 6. The molecule has 1 N–H and O–H groups in total. The van der Waals surface area contributed by atoms with Crippen molar-refractivity contribution in [1.82, 2.24) is 0 Å². The van der Waals surface area contributed by atoms with E-state index in [4.69, 9.17) is 0 Å². The number of alkyl halides is 6. The third-order valence-corrected chi connectivity index (χ3v) is 2.96. The summed E-state index contributed by atoms with van der Waals surface area (Å²) in [5, 5.41) is 2.12. The van der Waals surface area contributed by atoms with E-state index in [0.717, 1.165) is 18.2 Å². The monoisotopic (exact) mass is 319 g/mol. The molecule has 2 rings (SSSR count). The third-order valence-electron chi connectivity index (χ3n) is 2.96. The van der Waals surface area contributed by atoms with Gasteiger partial charge in [0.25, 0.3) is 0 Å². The van der Waals surface area contributed by atoms with Crippen LogP contribution in [0.5, 0.6) is 0 Å². The van der Waals surface area contributed by atoms with Gasteiger partial charge in [-0.25, -0.2) is 0 Å². The molecule has 0 heterocycles. The smallest absolute Gasteiger partial charge is 0.370 e. The minimum atomic E-state index is -4.64. The van der Waals surface area contributed by atoms with Gasteiger partial charge in [0.15, 0.2) is 0 Å². The molecule has 0 amide bonds. The largest absolute Gasteiger partial charge is 0.416 e. The zero-order valence-electron chi connectivity index (χ0n) is 11.0. The van der Waals surface area contributed by atoms with Crippen molar-refractivity contribution in [3.05, 3.63) is 65.7 Å². The first-order valence-electron chi connectivity index (χ1n) is 6.23. The van der Waals surface area contributed by atoms with Crippen LogP contribution in [0.15, 0.2) is 54.6 Å². The summed E-state index contributed by atoms with van der Waals surface area (Å²) in [4.78, 5) is 0. The van der Waals surface area contributed by atoms with Gasteiger partial charge >= 0.3 is 12.4 Å². The Balaban J connectivity index is 2.33. The number of anilines is 1. The van der Waals surface area contributed by atoms with Crippen LogP contribution in [0.1, 0.15) is 17.2 Å². The Morgan fingerprint density at radius 1 is 0.773 bits per heavy atom. The van der Waals surface area contributed by atoms with Gasteiger partial charge in [0.1, 0.15) is 6.04 Å². The average Bonchev–Trinajstić information content (AvgIpc) is 2.44. The van der Waals surface area contributed by atoms with E-state index in [9.17, 15) is 26.3 Å². The summed E-state index contributed by atoms with van der Waals surface area (Å²) >= 11 is 0.